The third-order valence-electron chi connectivity index (χ3n) is 3.42. The number of thiazole rings is 1. The molecule has 2 N–H and O–H groups in total. The third kappa shape index (κ3) is 3.96. The minimum absolute atomic E-state index is 0.177. The van der Waals surface area contributed by atoms with E-state index in [0.29, 0.717) is 12.2 Å². The zero-order valence-corrected chi connectivity index (χ0v) is 14.2. The Labute approximate surface area is 143 Å². The predicted molar refractivity (Wildman–Crippen MR) is 93.6 cm³/mol. The van der Waals surface area contributed by atoms with Gasteiger partial charge in [-0.15, -0.1) is 16.4 Å². The first-order chi connectivity index (χ1) is 11.6. The molecule has 3 rings (SSSR count). The number of urea groups is 1. The van der Waals surface area contributed by atoms with E-state index in [1.54, 1.807) is 28.4 Å². The lowest BCUT2D eigenvalue weighted by molar-refractivity contribution is 0.251. The molecule has 0 aliphatic heterocycles. The van der Waals surface area contributed by atoms with E-state index in [1.807, 2.05) is 43.5 Å². The van der Waals surface area contributed by atoms with Crippen LogP contribution in [-0.2, 0) is 0 Å². The molecular formula is C16H18N6OS. The van der Waals surface area contributed by atoms with E-state index in [2.05, 4.69) is 25.9 Å². The smallest absolute Gasteiger partial charge is 0.319 e. The molecule has 24 heavy (non-hydrogen) atoms. The molecule has 1 atom stereocenters. The number of hydrogen-bond donors (Lipinski definition) is 2. The molecule has 124 valence electrons. The molecule has 3 aromatic rings. The van der Waals surface area contributed by atoms with Crippen molar-refractivity contribution in [3.8, 4) is 5.69 Å². The highest BCUT2D eigenvalue weighted by Gasteiger charge is 2.11. The van der Waals surface area contributed by atoms with Gasteiger partial charge in [-0.1, -0.05) is 18.2 Å². The number of benzene rings is 1. The van der Waals surface area contributed by atoms with Crippen LogP contribution in [0.5, 0.6) is 0 Å². The van der Waals surface area contributed by atoms with Crippen LogP contribution in [0.4, 0.5) is 10.5 Å². The van der Waals surface area contributed by atoms with Gasteiger partial charge in [0.05, 0.1) is 23.1 Å². The molecule has 0 bridgehead atoms. The number of rotatable bonds is 5. The van der Waals surface area contributed by atoms with Gasteiger partial charge in [-0.2, -0.15) is 0 Å². The Morgan fingerprint density at radius 2 is 2.29 bits per heavy atom. The number of nitrogens with one attached hydrogen (secondary N) is 2. The topological polar surface area (TPSA) is 84.7 Å². The van der Waals surface area contributed by atoms with Gasteiger partial charge in [0.25, 0.3) is 0 Å². The monoisotopic (exact) mass is 342 g/mol. The van der Waals surface area contributed by atoms with Gasteiger partial charge in [0.15, 0.2) is 0 Å². The minimum atomic E-state index is -0.245. The summed E-state index contributed by atoms with van der Waals surface area (Å²) in [5, 5.41) is 16.5. The maximum absolute atomic E-state index is 12.1. The first-order valence-electron chi connectivity index (χ1n) is 7.55. The Bertz CT molecular complexity index is 814. The number of anilines is 1. The maximum Gasteiger partial charge on any atom is 0.319 e. The lowest BCUT2D eigenvalue weighted by Crippen LogP contribution is -2.31. The molecule has 1 aromatic carbocycles. The second kappa shape index (κ2) is 7.22. The quantitative estimate of drug-likeness (QED) is 0.746. The van der Waals surface area contributed by atoms with Gasteiger partial charge in [0.2, 0.25) is 0 Å². The van der Waals surface area contributed by atoms with E-state index in [1.165, 1.54) is 0 Å². The molecule has 0 aliphatic carbocycles. The van der Waals surface area contributed by atoms with E-state index in [9.17, 15) is 4.79 Å². The normalized spacial score (nSPS) is 11.9. The predicted octanol–water partition coefficient (Wildman–Crippen LogP) is 2.96. The molecule has 0 unspecified atom stereocenters. The van der Waals surface area contributed by atoms with E-state index >= 15 is 0 Å². The number of hydrogen-bond acceptors (Lipinski definition) is 5. The lowest BCUT2D eigenvalue weighted by atomic mass is 10.2. The van der Waals surface area contributed by atoms with Crippen LogP contribution in [0, 0.1) is 6.92 Å². The lowest BCUT2D eigenvalue weighted by Gasteiger charge is -2.12. The summed E-state index contributed by atoms with van der Waals surface area (Å²) in [4.78, 5) is 16.5. The zero-order valence-electron chi connectivity index (χ0n) is 13.4. The van der Waals surface area contributed by atoms with Crippen LogP contribution in [-0.4, -0.2) is 32.6 Å². The zero-order chi connectivity index (χ0) is 16.9. The summed E-state index contributed by atoms with van der Waals surface area (Å²) >= 11 is 1.62. The Balaban J connectivity index is 1.56. The average molecular weight is 342 g/mol. The van der Waals surface area contributed by atoms with Gasteiger partial charge in [-0.25, -0.2) is 14.5 Å². The van der Waals surface area contributed by atoms with E-state index < -0.39 is 0 Å². The highest BCUT2D eigenvalue weighted by molar-refractivity contribution is 7.09. The molecule has 2 aromatic heterocycles. The number of aryl methyl sites for hydroxylation is 1. The summed E-state index contributed by atoms with van der Waals surface area (Å²) in [7, 11) is 0. The molecule has 8 heteroatoms. The molecule has 0 radical (unpaired) electrons. The molecule has 0 aliphatic rings. The Kier molecular flexibility index (Phi) is 4.85. The largest absolute Gasteiger partial charge is 0.337 e. The van der Waals surface area contributed by atoms with Crippen LogP contribution >= 0.6 is 11.3 Å². The van der Waals surface area contributed by atoms with Crippen molar-refractivity contribution in [1.82, 2.24) is 25.3 Å². The summed E-state index contributed by atoms with van der Waals surface area (Å²) in [5.74, 6) is 0.177. The van der Waals surface area contributed by atoms with Gasteiger partial charge < -0.3 is 10.6 Å². The van der Waals surface area contributed by atoms with Crippen molar-refractivity contribution in [2.24, 2.45) is 0 Å². The van der Waals surface area contributed by atoms with Crippen molar-refractivity contribution in [2.75, 3.05) is 11.9 Å². The number of carbonyl (C=O) groups is 1. The van der Waals surface area contributed by atoms with Gasteiger partial charge >= 0.3 is 6.03 Å². The fraction of sp³-hybridized carbons (Fsp3) is 0.250. The Hall–Kier alpha value is -2.74. The highest BCUT2D eigenvalue weighted by atomic mass is 32.1. The summed E-state index contributed by atoms with van der Waals surface area (Å²) in [6.45, 7) is 4.54. The summed E-state index contributed by atoms with van der Waals surface area (Å²) in [5.41, 5.74) is 2.53. The van der Waals surface area contributed by atoms with Gasteiger partial charge in [-0.05, 0) is 25.1 Å². The molecule has 0 saturated heterocycles. The highest BCUT2D eigenvalue weighted by Crippen LogP contribution is 2.19. The van der Waals surface area contributed by atoms with Crippen LogP contribution < -0.4 is 10.6 Å². The fourth-order valence-corrected chi connectivity index (χ4v) is 3.04. The maximum atomic E-state index is 12.1. The number of nitrogens with zero attached hydrogens (tertiary/aromatic N) is 4. The van der Waals surface area contributed by atoms with E-state index in [-0.39, 0.29) is 11.9 Å². The standard InChI is InChI=1S/C16H18N6OS/c1-11(15-19-12(2)10-24-15)9-17-16(23)20-13-4-3-5-14(8-13)22-7-6-18-21-22/h3-8,10-11H,9H2,1-2H3,(H2,17,20,23)/t11-/m0/s1. The van der Waals surface area contributed by atoms with Crippen molar-refractivity contribution in [2.45, 2.75) is 19.8 Å². The van der Waals surface area contributed by atoms with Crippen molar-refractivity contribution in [3.63, 3.8) is 0 Å². The first kappa shape index (κ1) is 16.1. The number of aromatic nitrogens is 4. The molecule has 2 amide bonds. The molecule has 0 spiro atoms. The molecular weight excluding hydrogens is 324 g/mol. The van der Waals surface area contributed by atoms with Crippen LogP contribution in [0.2, 0.25) is 0 Å². The fourth-order valence-electron chi connectivity index (χ4n) is 2.18. The number of amides is 2. The SMILES string of the molecule is Cc1csc([C@@H](C)CNC(=O)Nc2cccc(-n3ccnn3)c2)n1. The van der Waals surface area contributed by atoms with Crippen LogP contribution in [0.1, 0.15) is 23.5 Å². The Morgan fingerprint density at radius 3 is 3.00 bits per heavy atom. The van der Waals surface area contributed by atoms with E-state index in [0.717, 1.165) is 16.4 Å². The molecule has 0 saturated carbocycles. The van der Waals surface area contributed by atoms with E-state index in [4.69, 9.17) is 0 Å². The van der Waals surface area contributed by atoms with Crippen LogP contribution in [0.25, 0.3) is 5.69 Å². The molecule has 7 nitrogen and oxygen atoms in total. The summed E-state index contributed by atoms with van der Waals surface area (Å²) in [6, 6.07) is 7.17. The van der Waals surface area contributed by atoms with Gasteiger partial charge in [0.1, 0.15) is 0 Å². The third-order valence-corrected chi connectivity index (χ3v) is 4.61. The van der Waals surface area contributed by atoms with Crippen LogP contribution in [0.3, 0.4) is 0 Å². The molecule has 0 fully saturated rings. The van der Waals surface area contributed by atoms with Crippen molar-refractivity contribution in [1.29, 1.82) is 0 Å². The minimum Gasteiger partial charge on any atom is -0.337 e. The second-order valence-corrected chi connectivity index (χ2v) is 6.35. The van der Waals surface area contributed by atoms with Crippen molar-refractivity contribution < 1.29 is 4.79 Å². The van der Waals surface area contributed by atoms with Crippen LogP contribution in [0.15, 0.2) is 42.0 Å². The second-order valence-electron chi connectivity index (χ2n) is 5.46. The molecule has 2 heterocycles. The summed E-state index contributed by atoms with van der Waals surface area (Å²) in [6.07, 6.45) is 3.35. The van der Waals surface area contributed by atoms with Gasteiger partial charge in [0, 0.05) is 29.2 Å². The number of carbonyl (C=O) groups excluding carboxylic acids is 1. The van der Waals surface area contributed by atoms with Crippen molar-refractivity contribution in [3.05, 3.63) is 52.7 Å². The van der Waals surface area contributed by atoms with Crippen molar-refractivity contribution >= 4 is 23.1 Å². The van der Waals surface area contributed by atoms with Gasteiger partial charge in [-0.3, -0.25) is 0 Å². The Morgan fingerprint density at radius 1 is 1.42 bits per heavy atom. The average Bonchev–Trinajstić information content (AvgIpc) is 3.24. The summed E-state index contributed by atoms with van der Waals surface area (Å²) < 4.78 is 1.63. The first-order valence-corrected chi connectivity index (χ1v) is 8.43.